The fourth-order valence-electron chi connectivity index (χ4n) is 4.06. The van der Waals surface area contributed by atoms with Crippen LogP contribution in [-0.4, -0.2) is 6.23 Å². The molecular weight excluding hydrogens is 357 g/mol. The quantitative estimate of drug-likeness (QED) is 0.614. The molecule has 2 atom stereocenters. The molecule has 2 aromatic rings. The minimum absolute atomic E-state index is 0.191. The summed E-state index contributed by atoms with van der Waals surface area (Å²) in [4.78, 5) is 2.17. The second kappa shape index (κ2) is 6.08. The molecule has 0 saturated carbocycles. The number of ether oxygens (including phenoxy) is 2. The second-order valence-corrected chi connectivity index (χ2v) is 7.46. The summed E-state index contributed by atoms with van der Waals surface area (Å²) < 4.78 is 12.9. The highest BCUT2D eigenvalue weighted by atomic mass is 35.5. The third kappa shape index (κ3) is 2.44. The zero-order valence-electron chi connectivity index (χ0n) is 14.6. The number of hydrogen-bond donors (Lipinski definition) is 0. The lowest BCUT2D eigenvalue weighted by Crippen LogP contribution is -2.52. The van der Waals surface area contributed by atoms with Crippen LogP contribution in [0.25, 0.3) is 0 Å². The lowest BCUT2D eigenvalue weighted by molar-refractivity contribution is -0.132. The van der Waals surface area contributed by atoms with E-state index in [1.807, 2.05) is 13.0 Å². The van der Waals surface area contributed by atoms with Crippen molar-refractivity contribution in [1.29, 1.82) is 0 Å². The summed E-state index contributed by atoms with van der Waals surface area (Å²) in [6.07, 6.45) is 1.32. The van der Waals surface area contributed by atoms with Crippen LogP contribution in [0.1, 0.15) is 51.0 Å². The van der Waals surface area contributed by atoms with Crippen molar-refractivity contribution in [3.8, 4) is 5.75 Å². The molecule has 0 spiro atoms. The summed E-state index contributed by atoms with van der Waals surface area (Å²) in [5.74, 6) is 0.667. The van der Waals surface area contributed by atoms with E-state index in [0.29, 0.717) is 15.8 Å². The number of para-hydroxylation sites is 1. The van der Waals surface area contributed by atoms with Gasteiger partial charge in [0.25, 0.3) is 0 Å². The predicted molar refractivity (Wildman–Crippen MR) is 102 cm³/mol. The number of hydrogen-bond acceptors (Lipinski definition) is 3. The van der Waals surface area contributed by atoms with Crippen molar-refractivity contribution in [3.63, 3.8) is 0 Å². The van der Waals surface area contributed by atoms with Gasteiger partial charge in [0.1, 0.15) is 5.75 Å². The number of anilines is 1. The van der Waals surface area contributed by atoms with E-state index in [1.165, 1.54) is 5.56 Å². The third-order valence-corrected chi connectivity index (χ3v) is 5.89. The Hall–Kier alpha value is -1.42. The highest BCUT2D eigenvalue weighted by Crippen LogP contribution is 2.54. The van der Waals surface area contributed by atoms with Gasteiger partial charge in [0.15, 0.2) is 12.5 Å². The smallest absolute Gasteiger partial charge is 0.171 e. The van der Waals surface area contributed by atoms with Gasteiger partial charge in [-0.15, -0.1) is 0 Å². The summed E-state index contributed by atoms with van der Waals surface area (Å²) >= 11 is 12.7. The van der Waals surface area contributed by atoms with Crippen LogP contribution in [-0.2, 0) is 10.3 Å². The van der Waals surface area contributed by atoms with Gasteiger partial charge >= 0.3 is 0 Å². The Balaban J connectivity index is 1.96. The van der Waals surface area contributed by atoms with Crippen molar-refractivity contribution < 1.29 is 9.47 Å². The van der Waals surface area contributed by atoms with Crippen LogP contribution in [0, 0.1) is 0 Å². The van der Waals surface area contributed by atoms with E-state index in [1.54, 1.807) is 6.07 Å². The summed E-state index contributed by atoms with van der Waals surface area (Å²) in [6, 6.07) is 12.0. The van der Waals surface area contributed by atoms with Gasteiger partial charge in [-0.3, -0.25) is 0 Å². The maximum atomic E-state index is 6.74. The topological polar surface area (TPSA) is 21.7 Å². The molecule has 0 fully saturated rings. The molecule has 3 nitrogen and oxygen atoms in total. The maximum Gasteiger partial charge on any atom is 0.171 e. The molecule has 2 heterocycles. The standard InChI is InChI=1S/C20H21Cl2NO2/c1-4-20(5-2)15-8-6-7-9-17(15)23-12(3)24-18-14(19(23)25-20)10-13(21)11-16(18)22/h6-12,19H,4-5H2,1-3H3/t12-,19-/m0/s1. The van der Waals surface area contributed by atoms with E-state index < -0.39 is 0 Å². The largest absolute Gasteiger partial charge is 0.469 e. The van der Waals surface area contributed by atoms with Gasteiger partial charge in [-0.05, 0) is 38.0 Å². The molecule has 0 N–H and O–H groups in total. The number of rotatable bonds is 2. The minimum atomic E-state index is -0.332. The molecule has 25 heavy (non-hydrogen) atoms. The molecule has 5 heteroatoms. The maximum absolute atomic E-state index is 6.74. The summed E-state index contributed by atoms with van der Waals surface area (Å²) in [5, 5.41) is 1.11. The van der Waals surface area contributed by atoms with Crippen molar-refractivity contribution in [2.24, 2.45) is 0 Å². The average Bonchev–Trinajstić information content (AvgIpc) is 2.61. The van der Waals surface area contributed by atoms with Crippen LogP contribution in [0.15, 0.2) is 36.4 Å². The minimum Gasteiger partial charge on any atom is -0.469 e. The zero-order chi connectivity index (χ0) is 17.8. The van der Waals surface area contributed by atoms with E-state index in [2.05, 4.69) is 43.0 Å². The number of nitrogens with zero attached hydrogens (tertiary/aromatic N) is 1. The van der Waals surface area contributed by atoms with Crippen LogP contribution >= 0.6 is 23.2 Å². The van der Waals surface area contributed by atoms with Gasteiger partial charge in [-0.2, -0.15) is 0 Å². The first kappa shape index (κ1) is 17.0. The van der Waals surface area contributed by atoms with E-state index in [-0.39, 0.29) is 18.1 Å². The molecule has 132 valence electrons. The van der Waals surface area contributed by atoms with E-state index >= 15 is 0 Å². The SMILES string of the molecule is CCC1(CC)O[C@H]2c3cc(Cl)cc(Cl)c3O[C@@H](C)N2c2ccccc21. The summed E-state index contributed by atoms with van der Waals surface area (Å²) in [6.45, 7) is 6.36. The average molecular weight is 378 g/mol. The molecule has 2 aliphatic rings. The highest BCUT2D eigenvalue weighted by Gasteiger charge is 2.47. The zero-order valence-corrected chi connectivity index (χ0v) is 16.1. The predicted octanol–water partition coefficient (Wildman–Crippen LogP) is 6.28. The summed E-state index contributed by atoms with van der Waals surface area (Å²) in [5.41, 5.74) is 2.91. The van der Waals surface area contributed by atoms with Crippen molar-refractivity contribution in [2.45, 2.75) is 51.7 Å². The van der Waals surface area contributed by atoms with E-state index in [4.69, 9.17) is 32.7 Å². The molecule has 0 radical (unpaired) electrons. The molecule has 2 aliphatic heterocycles. The van der Waals surface area contributed by atoms with Crippen molar-refractivity contribution in [3.05, 3.63) is 57.6 Å². The Morgan fingerprint density at radius 3 is 2.56 bits per heavy atom. The highest BCUT2D eigenvalue weighted by molar-refractivity contribution is 6.35. The fourth-order valence-corrected chi connectivity index (χ4v) is 4.61. The van der Waals surface area contributed by atoms with Crippen molar-refractivity contribution in [2.75, 3.05) is 4.90 Å². The third-order valence-electron chi connectivity index (χ3n) is 5.39. The van der Waals surface area contributed by atoms with Gasteiger partial charge in [0.05, 0.1) is 10.6 Å². The first-order valence-corrected chi connectivity index (χ1v) is 9.47. The van der Waals surface area contributed by atoms with Gasteiger partial charge in [-0.1, -0.05) is 55.2 Å². The molecule has 2 aromatic carbocycles. The second-order valence-electron chi connectivity index (χ2n) is 6.62. The van der Waals surface area contributed by atoms with Gasteiger partial charge in [0.2, 0.25) is 0 Å². The molecule has 0 aromatic heterocycles. The molecule has 0 aliphatic carbocycles. The van der Waals surface area contributed by atoms with Crippen molar-refractivity contribution in [1.82, 2.24) is 0 Å². The van der Waals surface area contributed by atoms with Crippen LogP contribution in [0.2, 0.25) is 10.0 Å². The summed E-state index contributed by atoms with van der Waals surface area (Å²) in [7, 11) is 0. The first-order valence-electron chi connectivity index (χ1n) is 8.72. The van der Waals surface area contributed by atoms with Gasteiger partial charge in [0, 0.05) is 21.8 Å². The molecule has 0 unspecified atom stereocenters. The normalized spacial score (nSPS) is 23.3. The fraction of sp³-hybridized carbons (Fsp3) is 0.400. The van der Waals surface area contributed by atoms with Crippen LogP contribution in [0.3, 0.4) is 0 Å². The Morgan fingerprint density at radius 2 is 1.84 bits per heavy atom. The molecule has 0 bridgehead atoms. The van der Waals surface area contributed by atoms with Crippen LogP contribution < -0.4 is 9.64 Å². The molecular formula is C20H21Cl2NO2. The Labute approximate surface area is 158 Å². The van der Waals surface area contributed by atoms with Gasteiger partial charge in [-0.25, -0.2) is 0 Å². The van der Waals surface area contributed by atoms with Crippen molar-refractivity contribution >= 4 is 28.9 Å². The van der Waals surface area contributed by atoms with Crippen LogP contribution in [0.4, 0.5) is 5.69 Å². The van der Waals surface area contributed by atoms with E-state index in [9.17, 15) is 0 Å². The monoisotopic (exact) mass is 377 g/mol. The van der Waals surface area contributed by atoms with E-state index in [0.717, 1.165) is 24.1 Å². The number of halogens is 2. The first-order chi connectivity index (χ1) is 12.0. The van der Waals surface area contributed by atoms with Crippen LogP contribution in [0.5, 0.6) is 5.75 Å². The lowest BCUT2D eigenvalue weighted by Gasteiger charge is -2.52. The number of benzene rings is 2. The molecule has 4 rings (SSSR count). The Morgan fingerprint density at radius 1 is 1.12 bits per heavy atom. The molecule has 0 amide bonds. The number of fused-ring (bicyclic) bond motifs is 5. The molecule has 0 saturated heterocycles. The lowest BCUT2D eigenvalue weighted by atomic mass is 9.84. The van der Waals surface area contributed by atoms with Gasteiger partial charge < -0.3 is 14.4 Å². The Bertz CT molecular complexity index is 819. The Kier molecular flexibility index (Phi) is 4.14.